The van der Waals surface area contributed by atoms with Crippen LogP contribution in [0.2, 0.25) is 5.02 Å². The number of benzene rings is 2. The van der Waals surface area contributed by atoms with Crippen LogP contribution in [-0.4, -0.2) is 0 Å². The van der Waals surface area contributed by atoms with Gasteiger partial charge in [-0.1, -0.05) is 29.8 Å². The molecule has 2 aromatic carbocycles. The molecule has 0 fully saturated rings. The summed E-state index contributed by atoms with van der Waals surface area (Å²) in [6, 6.07) is 7.44. The van der Waals surface area contributed by atoms with Gasteiger partial charge in [-0.25, -0.2) is 8.78 Å². The van der Waals surface area contributed by atoms with E-state index in [0.29, 0.717) is 10.6 Å². The minimum Gasteiger partial charge on any atom is -0.207 e. The predicted octanol–water partition coefficient (Wildman–Crippen LogP) is 6.02. The largest absolute Gasteiger partial charge is 0.207 e. The zero-order valence-electron chi connectivity index (χ0n) is 9.85. The summed E-state index contributed by atoms with van der Waals surface area (Å²) in [5.74, 6) is -1.14. The van der Waals surface area contributed by atoms with Crippen molar-refractivity contribution in [1.82, 2.24) is 0 Å². The number of hydrogen-bond donors (Lipinski definition) is 0. The van der Waals surface area contributed by atoms with Gasteiger partial charge < -0.3 is 0 Å². The summed E-state index contributed by atoms with van der Waals surface area (Å²) in [7, 11) is 0. The van der Waals surface area contributed by atoms with Crippen LogP contribution in [0.4, 0.5) is 8.78 Å². The maximum Gasteiger partial charge on any atom is 0.137 e. The molecule has 0 nitrogen and oxygen atoms in total. The molecule has 0 saturated carbocycles. The molecule has 0 radical (unpaired) electrons. The van der Waals surface area contributed by atoms with Crippen LogP contribution in [0.5, 0.6) is 0 Å². The first-order chi connectivity index (χ1) is 8.91. The third-order valence-corrected chi connectivity index (χ3v) is 4.40. The van der Waals surface area contributed by atoms with Gasteiger partial charge in [-0.15, -0.1) is 11.6 Å². The molecule has 1 atom stereocenters. The second-order valence-corrected chi connectivity index (χ2v) is 5.80. The van der Waals surface area contributed by atoms with Gasteiger partial charge in [0.2, 0.25) is 0 Å². The lowest BCUT2D eigenvalue weighted by atomic mass is 10.0. The van der Waals surface area contributed by atoms with E-state index in [1.165, 1.54) is 0 Å². The van der Waals surface area contributed by atoms with Gasteiger partial charge in [-0.05, 0) is 46.1 Å². The summed E-state index contributed by atoms with van der Waals surface area (Å²) in [6.45, 7) is 1.83. The molecular weight excluding hydrogens is 357 g/mol. The monoisotopic (exact) mass is 364 g/mol. The number of aryl methyl sites for hydroxylation is 1. The van der Waals surface area contributed by atoms with E-state index in [4.69, 9.17) is 23.2 Å². The van der Waals surface area contributed by atoms with Gasteiger partial charge in [0.05, 0.1) is 9.85 Å². The van der Waals surface area contributed by atoms with Crippen molar-refractivity contribution in [2.75, 3.05) is 0 Å². The lowest BCUT2D eigenvalue weighted by Crippen LogP contribution is -2.00. The number of hydrogen-bond acceptors (Lipinski definition) is 0. The van der Waals surface area contributed by atoms with Crippen LogP contribution in [-0.2, 0) is 0 Å². The van der Waals surface area contributed by atoms with Crippen molar-refractivity contribution in [2.24, 2.45) is 0 Å². The lowest BCUT2D eigenvalue weighted by molar-refractivity contribution is 0.582. The second kappa shape index (κ2) is 5.78. The fourth-order valence-corrected chi connectivity index (χ4v) is 2.72. The average molecular weight is 366 g/mol. The normalized spacial score (nSPS) is 12.5. The van der Waals surface area contributed by atoms with Crippen LogP contribution >= 0.6 is 39.1 Å². The van der Waals surface area contributed by atoms with Gasteiger partial charge in [0.15, 0.2) is 0 Å². The Morgan fingerprint density at radius 3 is 2.47 bits per heavy atom. The van der Waals surface area contributed by atoms with E-state index in [0.717, 1.165) is 17.7 Å². The Bertz CT molecular complexity index is 629. The predicted molar refractivity (Wildman–Crippen MR) is 77.9 cm³/mol. The van der Waals surface area contributed by atoms with E-state index in [2.05, 4.69) is 15.9 Å². The third kappa shape index (κ3) is 2.93. The first kappa shape index (κ1) is 14.8. The average Bonchev–Trinajstić information content (AvgIpc) is 2.36. The Kier molecular flexibility index (Phi) is 4.49. The minimum atomic E-state index is -0.838. The molecule has 0 N–H and O–H groups in total. The fourth-order valence-electron chi connectivity index (χ4n) is 1.77. The summed E-state index contributed by atoms with van der Waals surface area (Å²) in [4.78, 5) is 0. The zero-order valence-corrected chi connectivity index (χ0v) is 13.0. The molecule has 0 saturated heterocycles. The number of alkyl halides is 1. The maximum atomic E-state index is 13.9. The fraction of sp³-hybridized carbons (Fsp3) is 0.143. The highest BCUT2D eigenvalue weighted by atomic mass is 79.9. The third-order valence-electron chi connectivity index (χ3n) is 2.81. The first-order valence-corrected chi connectivity index (χ1v) is 7.06. The summed E-state index contributed by atoms with van der Waals surface area (Å²) in [5, 5.41) is -0.375. The second-order valence-electron chi connectivity index (χ2n) is 4.13. The van der Waals surface area contributed by atoms with Crippen LogP contribution in [0, 0.1) is 18.6 Å². The Morgan fingerprint density at radius 1 is 1.11 bits per heavy atom. The number of halogens is 5. The van der Waals surface area contributed by atoms with Gasteiger partial charge in [0, 0.05) is 10.6 Å². The molecule has 0 aliphatic rings. The molecule has 1 unspecified atom stereocenters. The Hall–Kier alpha value is -0.640. The topological polar surface area (TPSA) is 0 Å². The molecule has 0 spiro atoms. The molecule has 19 heavy (non-hydrogen) atoms. The molecule has 0 bridgehead atoms. The quantitative estimate of drug-likeness (QED) is 0.451. The van der Waals surface area contributed by atoms with Crippen molar-refractivity contribution in [3.05, 3.63) is 68.2 Å². The smallest absolute Gasteiger partial charge is 0.137 e. The van der Waals surface area contributed by atoms with Gasteiger partial charge >= 0.3 is 0 Å². The Morgan fingerprint density at radius 2 is 1.79 bits per heavy atom. The van der Waals surface area contributed by atoms with Crippen LogP contribution in [0.1, 0.15) is 22.1 Å². The summed E-state index contributed by atoms with van der Waals surface area (Å²) >= 11 is 15.3. The lowest BCUT2D eigenvalue weighted by Gasteiger charge is -2.15. The molecule has 0 amide bonds. The van der Waals surface area contributed by atoms with Crippen LogP contribution in [0.15, 0.2) is 34.8 Å². The van der Waals surface area contributed by atoms with Crippen LogP contribution in [0.3, 0.4) is 0 Å². The van der Waals surface area contributed by atoms with E-state index in [9.17, 15) is 8.78 Å². The van der Waals surface area contributed by atoms with Gasteiger partial charge in [-0.3, -0.25) is 0 Å². The van der Waals surface area contributed by atoms with Crippen molar-refractivity contribution in [2.45, 2.75) is 12.3 Å². The van der Waals surface area contributed by atoms with Gasteiger partial charge in [0.25, 0.3) is 0 Å². The van der Waals surface area contributed by atoms with Gasteiger partial charge in [0.1, 0.15) is 11.6 Å². The SMILES string of the molecule is Cc1cccc(C(Cl)c2cc(F)c(Br)cc2F)c1Cl. The molecule has 0 aromatic heterocycles. The van der Waals surface area contributed by atoms with Crippen molar-refractivity contribution in [3.63, 3.8) is 0 Å². The molecule has 100 valence electrons. The molecule has 0 aliphatic heterocycles. The molecule has 0 heterocycles. The summed E-state index contributed by atoms with van der Waals surface area (Å²) in [6.07, 6.45) is 0. The molecule has 0 aliphatic carbocycles. The highest BCUT2D eigenvalue weighted by molar-refractivity contribution is 9.10. The van der Waals surface area contributed by atoms with Crippen LogP contribution in [0.25, 0.3) is 0 Å². The summed E-state index contributed by atoms with van der Waals surface area (Å²) < 4.78 is 27.4. The standard InChI is InChI=1S/C14H9BrCl2F2/c1-7-3-2-4-8(13(7)16)14(17)9-5-12(19)10(15)6-11(9)18/h2-6,14H,1H3. The molecule has 2 aromatic rings. The van der Waals surface area contributed by atoms with Gasteiger partial charge in [-0.2, -0.15) is 0 Å². The van der Waals surface area contributed by atoms with Crippen molar-refractivity contribution in [3.8, 4) is 0 Å². The Balaban J connectivity index is 2.53. The number of rotatable bonds is 2. The highest BCUT2D eigenvalue weighted by Gasteiger charge is 2.20. The molecule has 5 heteroatoms. The van der Waals surface area contributed by atoms with Crippen molar-refractivity contribution < 1.29 is 8.78 Å². The van der Waals surface area contributed by atoms with E-state index in [1.807, 2.05) is 13.0 Å². The highest BCUT2D eigenvalue weighted by Crippen LogP contribution is 2.37. The zero-order chi connectivity index (χ0) is 14.2. The van der Waals surface area contributed by atoms with E-state index < -0.39 is 17.0 Å². The van der Waals surface area contributed by atoms with Crippen molar-refractivity contribution in [1.29, 1.82) is 0 Å². The summed E-state index contributed by atoms with van der Waals surface area (Å²) in [5.41, 5.74) is 1.46. The first-order valence-electron chi connectivity index (χ1n) is 5.45. The van der Waals surface area contributed by atoms with E-state index in [-0.39, 0.29) is 10.0 Å². The van der Waals surface area contributed by atoms with Crippen LogP contribution < -0.4 is 0 Å². The Labute approximate surface area is 128 Å². The minimum absolute atomic E-state index is 0.0629. The van der Waals surface area contributed by atoms with E-state index >= 15 is 0 Å². The van der Waals surface area contributed by atoms with Crippen molar-refractivity contribution >= 4 is 39.1 Å². The maximum absolute atomic E-state index is 13.9. The molecular formula is C14H9BrCl2F2. The molecule has 2 rings (SSSR count). The van der Waals surface area contributed by atoms with E-state index in [1.54, 1.807) is 12.1 Å².